The Bertz CT molecular complexity index is 280. The van der Waals surface area contributed by atoms with Crippen LogP contribution in [0.3, 0.4) is 0 Å². The van der Waals surface area contributed by atoms with Gasteiger partial charge in [-0.3, -0.25) is 4.79 Å². The summed E-state index contributed by atoms with van der Waals surface area (Å²) in [4.78, 5) is 12.4. The molecule has 1 heterocycles. The number of piperidine rings is 1. The lowest BCUT2D eigenvalue weighted by molar-refractivity contribution is -0.127. The van der Waals surface area contributed by atoms with Crippen LogP contribution in [0.25, 0.3) is 0 Å². The van der Waals surface area contributed by atoms with E-state index >= 15 is 0 Å². The molecule has 18 heavy (non-hydrogen) atoms. The third-order valence-corrected chi connectivity index (χ3v) is 4.86. The Hall–Kier alpha value is -0.570. The second-order valence-electron chi connectivity index (χ2n) is 6.06. The van der Waals surface area contributed by atoms with Crippen molar-refractivity contribution in [3.05, 3.63) is 0 Å². The van der Waals surface area contributed by atoms with Crippen LogP contribution in [0.1, 0.15) is 58.8 Å². The van der Waals surface area contributed by atoms with Crippen molar-refractivity contribution in [3.63, 3.8) is 0 Å². The summed E-state index contributed by atoms with van der Waals surface area (Å²) in [6.07, 6.45) is 8.46. The molecule has 1 saturated carbocycles. The number of amides is 1. The van der Waals surface area contributed by atoms with E-state index in [2.05, 4.69) is 24.5 Å². The molecule has 1 saturated heterocycles. The molecule has 0 radical (unpaired) electrons. The minimum absolute atomic E-state index is 0.179. The Labute approximate surface area is 111 Å². The number of hydrogen-bond acceptors (Lipinski definition) is 2. The van der Waals surface area contributed by atoms with Crippen LogP contribution in [0.2, 0.25) is 0 Å². The van der Waals surface area contributed by atoms with Crippen molar-refractivity contribution < 1.29 is 4.79 Å². The molecular formula is C15H28N2O. The van der Waals surface area contributed by atoms with Crippen LogP contribution in [-0.2, 0) is 4.79 Å². The zero-order valence-corrected chi connectivity index (χ0v) is 11.9. The highest BCUT2D eigenvalue weighted by molar-refractivity contribution is 5.79. The number of rotatable bonds is 3. The Morgan fingerprint density at radius 3 is 2.72 bits per heavy atom. The Morgan fingerprint density at radius 1 is 1.22 bits per heavy atom. The first kappa shape index (κ1) is 13.9. The molecule has 2 N–H and O–H groups in total. The highest BCUT2D eigenvalue weighted by Gasteiger charge is 2.31. The fourth-order valence-electron chi connectivity index (χ4n) is 3.58. The van der Waals surface area contributed by atoms with Gasteiger partial charge in [0.1, 0.15) is 0 Å². The van der Waals surface area contributed by atoms with Crippen molar-refractivity contribution in [1.29, 1.82) is 0 Å². The second-order valence-corrected chi connectivity index (χ2v) is 6.06. The van der Waals surface area contributed by atoms with Gasteiger partial charge in [0.05, 0.1) is 5.92 Å². The standard InChI is InChI=1S/C15H28N2O/c1-3-12-7-4-5-9-14(12)17-15(18)13-8-6-10-16-11(13)2/h11-14,16H,3-10H2,1-2H3,(H,17,18). The zero-order chi connectivity index (χ0) is 13.0. The van der Waals surface area contributed by atoms with Gasteiger partial charge in [0.25, 0.3) is 0 Å². The maximum absolute atomic E-state index is 12.4. The van der Waals surface area contributed by atoms with Gasteiger partial charge in [-0.05, 0) is 45.1 Å². The van der Waals surface area contributed by atoms with E-state index in [9.17, 15) is 4.79 Å². The van der Waals surface area contributed by atoms with E-state index in [0.717, 1.165) is 19.4 Å². The number of carbonyl (C=O) groups excluding carboxylic acids is 1. The number of hydrogen-bond donors (Lipinski definition) is 2. The van der Waals surface area contributed by atoms with Gasteiger partial charge in [-0.1, -0.05) is 26.2 Å². The predicted octanol–water partition coefficient (Wildman–Crippen LogP) is 2.46. The SMILES string of the molecule is CCC1CCCCC1NC(=O)C1CCCNC1C. The van der Waals surface area contributed by atoms with Crippen molar-refractivity contribution in [2.45, 2.75) is 70.9 Å². The summed E-state index contributed by atoms with van der Waals surface area (Å²) < 4.78 is 0. The van der Waals surface area contributed by atoms with E-state index in [0.29, 0.717) is 23.9 Å². The van der Waals surface area contributed by atoms with E-state index in [1.807, 2.05) is 0 Å². The molecule has 1 aliphatic carbocycles. The van der Waals surface area contributed by atoms with Crippen molar-refractivity contribution in [1.82, 2.24) is 10.6 Å². The quantitative estimate of drug-likeness (QED) is 0.810. The molecule has 0 aromatic heterocycles. The first-order chi connectivity index (χ1) is 8.72. The smallest absolute Gasteiger partial charge is 0.224 e. The van der Waals surface area contributed by atoms with E-state index in [4.69, 9.17) is 0 Å². The summed E-state index contributed by atoms with van der Waals surface area (Å²) in [5.41, 5.74) is 0. The van der Waals surface area contributed by atoms with Gasteiger partial charge >= 0.3 is 0 Å². The summed E-state index contributed by atoms with van der Waals surface area (Å²) in [6.45, 7) is 5.45. The molecule has 2 aliphatic rings. The predicted molar refractivity (Wildman–Crippen MR) is 74.4 cm³/mol. The third kappa shape index (κ3) is 3.25. The van der Waals surface area contributed by atoms with Crippen LogP contribution in [0, 0.1) is 11.8 Å². The van der Waals surface area contributed by atoms with Gasteiger partial charge in [-0.15, -0.1) is 0 Å². The van der Waals surface area contributed by atoms with Crippen molar-refractivity contribution in [2.75, 3.05) is 6.54 Å². The molecule has 3 nitrogen and oxygen atoms in total. The summed E-state index contributed by atoms with van der Waals surface area (Å²) in [7, 11) is 0. The van der Waals surface area contributed by atoms with Gasteiger partial charge in [-0.2, -0.15) is 0 Å². The van der Waals surface area contributed by atoms with Gasteiger partial charge in [-0.25, -0.2) is 0 Å². The van der Waals surface area contributed by atoms with Crippen LogP contribution in [-0.4, -0.2) is 24.5 Å². The van der Waals surface area contributed by atoms with Crippen LogP contribution < -0.4 is 10.6 Å². The third-order valence-electron chi connectivity index (χ3n) is 4.86. The average Bonchev–Trinajstić information content (AvgIpc) is 2.39. The fourth-order valence-corrected chi connectivity index (χ4v) is 3.58. The largest absolute Gasteiger partial charge is 0.353 e. The molecule has 1 aliphatic heterocycles. The van der Waals surface area contributed by atoms with Gasteiger partial charge in [0, 0.05) is 12.1 Å². The number of nitrogens with one attached hydrogen (secondary N) is 2. The minimum atomic E-state index is 0.179. The van der Waals surface area contributed by atoms with Gasteiger partial charge < -0.3 is 10.6 Å². The Balaban J connectivity index is 1.88. The van der Waals surface area contributed by atoms with Crippen LogP contribution in [0.5, 0.6) is 0 Å². The molecule has 0 spiro atoms. The molecule has 0 aromatic carbocycles. The monoisotopic (exact) mass is 252 g/mol. The minimum Gasteiger partial charge on any atom is -0.353 e. The Kier molecular flexibility index (Phi) is 5.04. The lowest BCUT2D eigenvalue weighted by Crippen LogP contribution is -2.51. The summed E-state index contributed by atoms with van der Waals surface area (Å²) >= 11 is 0. The van der Waals surface area contributed by atoms with Crippen molar-refractivity contribution >= 4 is 5.91 Å². The van der Waals surface area contributed by atoms with E-state index in [1.54, 1.807) is 0 Å². The average molecular weight is 252 g/mol. The molecule has 4 atom stereocenters. The normalized spacial score (nSPS) is 37.2. The van der Waals surface area contributed by atoms with E-state index in [-0.39, 0.29) is 5.92 Å². The molecule has 1 amide bonds. The topological polar surface area (TPSA) is 41.1 Å². The maximum atomic E-state index is 12.4. The molecule has 3 heteroatoms. The lowest BCUT2D eigenvalue weighted by Gasteiger charge is -2.35. The van der Waals surface area contributed by atoms with Gasteiger partial charge in [0.2, 0.25) is 5.91 Å². The molecule has 0 bridgehead atoms. The summed E-state index contributed by atoms with van der Waals surface area (Å²) in [5, 5.41) is 6.76. The molecule has 2 fully saturated rings. The fraction of sp³-hybridized carbons (Fsp3) is 0.933. The lowest BCUT2D eigenvalue weighted by atomic mass is 9.82. The van der Waals surface area contributed by atoms with Crippen LogP contribution in [0.15, 0.2) is 0 Å². The molecule has 104 valence electrons. The van der Waals surface area contributed by atoms with Gasteiger partial charge in [0.15, 0.2) is 0 Å². The van der Waals surface area contributed by atoms with E-state index < -0.39 is 0 Å². The molecule has 0 aromatic rings. The first-order valence-electron chi connectivity index (χ1n) is 7.76. The van der Waals surface area contributed by atoms with Crippen LogP contribution >= 0.6 is 0 Å². The highest BCUT2D eigenvalue weighted by atomic mass is 16.2. The van der Waals surface area contributed by atoms with Crippen LogP contribution in [0.4, 0.5) is 0 Å². The Morgan fingerprint density at radius 2 is 2.00 bits per heavy atom. The highest BCUT2D eigenvalue weighted by Crippen LogP contribution is 2.27. The van der Waals surface area contributed by atoms with Crippen molar-refractivity contribution in [2.24, 2.45) is 11.8 Å². The first-order valence-corrected chi connectivity index (χ1v) is 7.76. The van der Waals surface area contributed by atoms with E-state index in [1.165, 1.54) is 32.1 Å². The van der Waals surface area contributed by atoms with Crippen molar-refractivity contribution in [3.8, 4) is 0 Å². The summed E-state index contributed by atoms with van der Waals surface area (Å²) in [5.74, 6) is 1.17. The maximum Gasteiger partial charge on any atom is 0.224 e. The summed E-state index contributed by atoms with van der Waals surface area (Å²) in [6, 6.07) is 0.771. The zero-order valence-electron chi connectivity index (χ0n) is 11.9. The molecule has 4 unspecified atom stereocenters. The number of carbonyl (C=O) groups is 1. The molecule has 2 rings (SSSR count). The molecular weight excluding hydrogens is 224 g/mol. The second kappa shape index (κ2) is 6.55.